The minimum Gasteiger partial charge on any atom is -0.454 e. The maximum absolute atomic E-state index is 12.2. The van der Waals surface area contributed by atoms with E-state index in [9.17, 15) is 4.79 Å². The summed E-state index contributed by atoms with van der Waals surface area (Å²) >= 11 is 0. The van der Waals surface area contributed by atoms with E-state index >= 15 is 0 Å². The first kappa shape index (κ1) is 13.3. The average molecular weight is 291 g/mol. The zero-order chi connectivity index (χ0) is 14.9. The lowest BCUT2D eigenvalue weighted by atomic mass is 9.87. The molecule has 2 aromatic carbocycles. The predicted molar refractivity (Wildman–Crippen MR) is 85.1 cm³/mol. The molecule has 2 aromatic rings. The first-order valence-electron chi connectivity index (χ1n) is 7.71. The average Bonchev–Trinajstić information content (AvgIpc) is 2.56. The normalized spacial score (nSPS) is 23.1. The number of ether oxygens (including phenoxy) is 1. The van der Waals surface area contributed by atoms with Crippen LogP contribution in [0.5, 0.6) is 0 Å². The van der Waals surface area contributed by atoms with E-state index in [1.54, 1.807) is 0 Å². The number of hydrogen-bond donors (Lipinski definition) is 0. The predicted octanol–water partition coefficient (Wildman–Crippen LogP) is 2.96. The summed E-state index contributed by atoms with van der Waals surface area (Å²) in [5.74, 6) is -0.197. The maximum atomic E-state index is 12.2. The Hall–Kier alpha value is -2.42. The molecule has 110 valence electrons. The Balaban J connectivity index is 1.69. The largest absolute Gasteiger partial charge is 0.454 e. The molecule has 0 aromatic heterocycles. The van der Waals surface area contributed by atoms with Gasteiger partial charge in [0.15, 0.2) is 6.04 Å². The van der Waals surface area contributed by atoms with Gasteiger partial charge in [0.1, 0.15) is 6.10 Å². The molecule has 2 atom stereocenters. The summed E-state index contributed by atoms with van der Waals surface area (Å²) in [6, 6.07) is 17.8. The topological polar surface area (TPSA) is 38.7 Å². The van der Waals surface area contributed by atoms with Crippen LogP contribution in [0.1, 0.15) is 23.1 Å². The van der Waals surface area contributed by atoms with Gasteiger partial charge in [-0.2, -0.15) is 0 Å². The van der Waals surface area contributed by atoms with Gasteiger partial charge in [-0.3, -0.25) is 4.99 Å². The summed E-state index contributed by atoms with van der Waals surface area (Å²) in [7, 11) is 0. The van der Waals surface area contributed by atoms with Crippen molar-refractivity contribution in [3.8, 4) is 0 Å². The van der Waals surface area contributed by atoms with Crippen LogP contribution in [0.15, 0.2) is 59.6 Å². The lowest BCUT2D eigenvalue weighted by molar-refractivity contribution is -0.149. The number of aryl methyl sites for hydroxylation is 1. The molecule has 1 aliphatic carbocycles. The van der Waals surface area contributed by atoms with Crippen molar-refractivity contribution < 1.29 is 9.53 Å². The van der Waals surface area contributed by atoms with Gasteiger partial charge < -0.3 is 4.74 Å². The van der Waals surface area contributed by atoms with Crippen LogP contribution in [-0.4, -0.2) is 23.8 Å². The molecule has 0 N–H and O–H groups in total. The van der Waals surface area contributed by atoms with E-state index in [2.05, 4.69) is 18.2 Å². The van der Waals surface area contributed by atoms with E-state index in [0.29, 0.717) is 6.42 Å². The lowest BCUT2D eigenvalue weighted by Crippen LogP contribution is -2.42. The summed E-state index contributed by atoms with van der Waals surface area (Å²) in [6.07, 6.45) is 2.20. The number of carbonyl (C=O) groups excluding carboxylic acids is 1. The van der Waals surface area contributed by atoms with Gasteiger partial charge in [0.05, 0.1) is 5.71 Å². The van der Waals surface area contributed by atoms with E-state index in [0.717, 1.165) is 29.7 Å². The van der Waals surface area contributed by atoms with Crippen molar-refractivity contribution >= 4 is 11.7 Å². The third-order valence-corrected chi connectivity index (χ3v) is 4.37. The molecule has 4 rings (SSSR count). The molecule has 0 saturated heterocycles. The fourth-order valence-electron chi connectivity index (χ4n) is 3.26. The Morgan fingerprint density at radius 2 is 1.82 bits per heavy atom. The molecule has 0 radical (unpaired) electrons. The van der Waals surface area contributed by atoms with Crippen molar-refractivity contribution in [2.75, 3.05) is 0 Å². The Bertz CT molecular complexity index is 736. The molecule has 2 aliphatic rings. The minimum absolute atomic E-state index is 0.172. The zero-order valence-corrected chi connectivity index (χ0v) is 12.2. The zero-order valence-electron chi connectivity index (χ0n) is 12.2. The van der Waals surface area contributed by atoms with Crippen LogP contribution in [0, 0.1) is 0 Å². The molecular weight excluding hydrogens is 274 g/mol. The first-order chi connectivity index (χ1) is 10.8. The fourth-order valence-corrected chi connectivity index (χ4v) is 3.26. The monoisotopic (exact) mass is 291 g/mol. The highest BCUT2D eigenvalue weighted by Gasteiger charge is 2.36. The molecule has 0 bridgehead atoms. The van der Waals surface area contributed by atoms with Gasteiger partial charge in [-0.1, -0.05) is 54.6 Å². The molecule has 0 saturated carbocycles. The number of esters is 1. The van der Waals surface area contributed by atoms with Crippen LogP contribution in [0.25, 0.3) is 0 Å². The number of hydrogen-bond acceptors (Lipinski definition) is 3. The van der Waals surface area contributed by atoms with Gasteiger partial charge in [0.25, 0.3) is 0 Å². The van der Waals surface area contributed by atoms with E-state index in [-0.39, 0.29) is 12.1 Å². The van der Waals surface area contributed by atoms with Gasteiger partial charge in [0, 0.05) is 12.0 Å². The third kappa shape index (κ3) is 2.33. The molecule has 1 heterocycles. The van der Waals surface area contributed by atoms with Gasteiger partial charge in [-0.25, -0.2) is 4.79 Å². The summed E-state index contributed by atoms with van der Waals surface area (Å²) in [5, 5.41) is 0. The lowest BCUT2D eigenvalue weighted by Gasteiger charge is -2.32. The molecule has 0 spiro atoms. The Labute approximate surface area is 129 Å². The van der Waals surface area contributed by atoms with Crippen molar-refractivity contribution in [2.24, 2.45) is 4.99 Å². The van der Waals surface area contributed by atoms with Crippen LogP contribution in [0.2, 0.25) is 0 Å². The summed E-state index contributed by atoms with van der Waals surface area (Å²) in [6.45, 7) is 0. The number of aliphatic imine (C=N–C) groups is 1. The van der Waals surface area contributed by atoms with Crippen LogP contribution < -0.4 is 0 Å². The Morgan fingerprint density at radius 3 is 2.68 bits per heavy atom. The molecule has 3 nitrogen and oxygen atoms in total. The summed E-state index contributed by atoms with van der Waals surface area (Å²) in [5.41, 5.74) is 4.50. The maximum Gasteiger partial charge on any atom is 0.331 e. The van der Waals surface area contributed by atoms with Crippen LogP contribution >= 0.6 is 0 Å². The number of benzene rings is 2. The van der Waals surface area contributed by atoms with Gasteiger partial charge in [-0.05, 0) is 24.0 Å². The SMILES string of the molecule is O=C1O[C@@H]2CCc3ccccc3C2=N[C@H]1Cc1ccccc1. The second-order valence-electron chi connectivity index (χ2n) is 5.84. The highest BCUT2D eigenvalue weighted by molar-refractivity contribution is 6.09. The first-order valence-corrected chi connectivity index (χ1v) is 7.71. The molecule has 3 heteroatoms. The smallest absolute Gasteiger partial charge is 0.331 e. The van der Waals surface area contributed by atoms with Crippen LogP contribution in [-0.2, 0) is 22.4 Å². The minimum atomic E-state index is -0.431. The van der Waals surface area contributed by atoms with Gasteiger partial charge in [0.2, 0.25) is 0 Å². The number of rotatable bonds is 2. The summed E-state index contributed by atoms with van der Waals surface area (Å²) < 4.78 is 5.66. The molecule has 0 fully saturated rings. The summed E-state index contributed by atoms with van der Waals surface area (Å²) in [4.78, 5) is 17.0. The third-order valence-electron chi connectivity index (χ3n) is 4.37. The van der Waals surface area contributed by atoms with Crippen LogP contribution in [0.3, 0.4) is 0 Å². The quantitative estimate of drug-likeness (QED) is 0.798. The van der Waals surface area contributed by atoms with Gasteiger partial charge in [-0.15, -0.1) is 0 Å². The van der Waals surface area contributed by atoms with E-state index in [4.69, 9.17) is 9.73 Å². The van der Waals surface area contributed by atoms with E-state index in [1.807, 2.05) is 36.4 Å². The van der Waals surface area contributed by atoms with E-state index < -0.39 is 6.04 Å². The van der Waals surface area contributed by atoms with Crippen molar-refractivity contribution in [3.63, 3.8) is 0 Å². The molecule has 22 heavy (non-hydrogen) atoms. The van der Waals surface area contributed by atoms with Crippen molar-refractivity contribution in [1.29, 1.82) is 0 Å². The van der Waals surface area contributed by atoms with E-state index in [1.165, 1.54) is 5.56 Å². The number of carbonyl (C=O) groups is 1. The molecule has 0 amide bonds. The number of fused-ring (bicyclic) bond motifs is 3. The Morgan fingerprint density at radius 1 is 1.05 bits per heavy atom. The molecule has 0 unspecified atom stereocenters. The highest BCUT2D eigenvalue weighted by atomic mass is 16.5. The second kappa shape index (κ2) is 5.41. The highest BCUT2D eigenvalue weighted by Crippen LogP contribution is 2.28. The van der Waals surface area contributed by atoms with Crippen LogP contribution in [0.4, 0.5) is 0 Å². The standard InChI is InChI=1S/C19H17NO2/c21-19-16(12-13-6-2-1-3-7-13)20-18-15-9-5-4-8-14(15)10-11-17(18)22-19/h1-9,16-17H,10-12H2/t16-,17+/m0/s1. The van der Waals surface area contributed by atoms with Gasteiger partial charge >= 0.3 is 5.97 Å². The Kier molecular flexibility index (Phi) is 3.26. The molecular formula is C19H17NO2. The molecule has 1 aliphatic heterocycles. The van der Waals surface area contributed by atoms with Crippen molar-refractivity contribution in [3.05, 3.63) is 71.3 Å². The van der Waals surface area contributed by atoms with Crippen molar-refractivity contribution in [1.82, 2.24) is 0 Å². The fraction of sp³-hybridized carbons (Fsp3) is 0.263. The second-order valence-corrected chi connectivity index (χ2v) is 5.84. The van der Waals surface area contributed by atoms with Crippen molar-refractivity contribution in [2.45, 2.75) is 31.4 Å². The number of nitrogens with zero attached hydrogens (tertiary/aromatic N) is 1.